The molecule has 2 rings (SSSR count). The van der Waals surface area contributed by atoms with E-state index in [9.17, 15) is 4.39 Å². The molecule has 0 radical (unpaired) electrons. The number of halogens is 3. The monoisotopic (exact) mass is 384 g/mol. The molecule has 1 atom stereocenters. The lowest BCUT2D eigenvalue weighted by Crippen LogP contribution is -1.95. The summed E-state index contributed by atoms with van der Waals surface area (Å²) in [5.74, 6) is -0.228. The third-order valence-electron chi connectivity index (χ3n) is 3.05. The first-order valence-electron chi connectivity index (χ1n) is 6.29. The predicted molar refractivity (Wildman–Crippen MR) is 85.3 cm³/mol. The van der Waals surface area contributed by atoms with E-state index in [4.69, 9.17) is 0 Å². The Kier molecular flexibility index (Phi) is 5.17. The van der Waals surface area contributed by atoms with E-state index in [1.54, 1.807) is 6.07 Å². The van der Waals surface area contributed by atoms with Crippen molar-refractivity contribution in [2.75, 3.05) is 0 Å². The number of benzene rings is 2. The Labute approximate surface area is 130 Å². The third kappa shape index (κ3) is 3.67. The van der Waals surface area contributed by atoms with E-state index in [1.165, 1.54) is 23.3 Å². The third-order valence-corrected chi connectivity index (χ3v) is 4.76. The van der Waals surface area contributed by atoms with Crippen LogP contribution in [0, 0.1) is 5.82 Å². The number of hydrogen-bond acceptors (Lipinski definition) is 0. The van der Waals surface area contributed by atoms with E-state index >= 15 is 0 Å². The highest BCUT2D eigenvalue weighted by Gasteiger charge is 2.13. The van der Waals surface area contributed by atoms with Crippen LogP contribution in [0.25, 0.3) is 0 Å². The van der Waals surface area contributed by atoms with Gasteiger partial charge in [0.1, 0.15) is 5.82 Å². The average Bonchev–Trinajstić information content (AvgIpc) is 2.39. The van der Waals surface area contributed by atoms with Gasteiger partial charge in [0.15, 0.2) is 0 Å². The summed E-state index contributed by atoms with van der Waals surface area (Å²) in [4.78, 5) is 0.0677. The van der Waals surface area contributed by atoms with Crippen LogP contribution in [0.1, 0.15) is 34.9 Å². The molecule has 0 bridgehead atoms. The zero-order chi connectivity index (χ0) is 13.8. The van der Waals surface area contributed by atoms with Gasteiger partial charge in [0.25, 0.3) is 0 Å². The molecule has 0 saturated carbocycles. The standard InChI is InChI=1S/C16H15Br2F/c1-2-3-11-4-6-12(7-5-11)16(18)14-9-8-13(19)10-15(14)17/h4-10,16H,2-3H2,1H3. The zero-order valence-electron chi connectivity index (χ0n) is 10.7. The van der Waals surface area contributed by atoms with Crippen molar-refractivity contribution in [1.29, 1.82) is 0 Å². The van der Waals surface area contributed by atoms with Gasteiger partial charge in [-0.05, 0) is 35.2 Å². The van der Waals surface area contributed by atoms with Gasteiger partial charge in [-0.3, -0.25) is 0 Å². The Morgan fingerprint density at radius 3 is 2.37 bits per heavy atom. The smallest absolute Gasteiger partial charge is 0.124 e. The molecule has 19 heavy (non-hydrogen) atoms. The van der Waals surface area contributed by atoms with Gasteiger partial charge in [0.05, 0.1) is 4.83 Å². The van der Waals surface area contributed by atoms with Crippen molar-refractivity contribution < 1.29 is 4.39 Å². The summed E-state index contributed by atoms with van der Waals surface area (Å²) < 4.78 is 13.9. The molecule has 0 amide bonds. The highest BCUT2D eigenvalue weighted by Crippen LogP contribution is 2.35. The maximum absolute atomic E-state index is 13.1. The lowest BCUT2D eigenvalue weighted by Gasteiger charge is -2.13. The van der Waals surface area contributed by atoms with Gasteiger partial charge in [-0.15, -0.1) is 0 Å². The summed E-state index contributed by atoms with van der Waals surface area (Å²) in [6, 6.07) is 13.4. The molecule has 0 spiro atoms. The fourth-order valence-electron chi connectivity index (χ4n) is 2.03. The van der Waals surface area contributed by atoms with Crippen LogP contribution in [0.4, 0.5) is 4.39 Å². The van der Waals surface area contributed by atoms with Crippen LogP contribution in [0.2, 0.25) is 0 Å². The lowest BCUT2D eigenvalue weighted by atomic mass is 10.0. The van der Waals surface area contributed by atoms with E-state index in [1.807, 2.05) is 0 Å². The normalized spacial score (nSPS) is 12.4. The van der Waals surface area contributed by atoms with Gasteiger partial charge in [0, 0.05) is 4.47 Å². The highest BCUT2D eigenvalue weighted by molar-refractivity contribution is 9.11. The SMILES string of the molecule is CCCc1ccc(C(Br)c2ccc(F)cc2Br)cc1. The van der Waals surface area contributed by atoms with Crippen LogP contribution in [-0.4, -0.2) is 0 Å². The second kappa shape index (κ2) is 6.67. The lowest BCUT2D eigenvalue weighted by molar-refractivity contribution is 0.626. The van der Waals surface area contributed by atoms with Crippen LogP contribution < -0.4 is 0 Å². The summed E-state index contributed by atoms with van der Waals surface area (Å²) >= 11 is 7.09. The number of hydrogen-bond donors (Lipinski definition) is 0. The molecule has 0 saturated heterocycles. The Hall–Kier alpha value is -0.670. The molecule has 0 heterocycles. The van der Waals surface area contributed by atoms with Crippen molar-refractivity contribution in [3.8, 4) is 0 Å². The highest BCUT2D eigenvalue weighted by atomic mass is 79.9. The zero-order valence-corrected chi connectivity index (χ0v) is 13.8. The number of rotatable bonds is 4. The van der Waals surface area contributed by atoms with Gasteiger partial charge < -0.3 is 0 Å². The molecular weight excluding hydrogens is 371 g/mol. The minimum absolute atomic E-state index is 0.0677. The minimum Gasteiger partial charge on any atom is -0.207 e. The molecular formula is C16H15Br2F. The van der Waals surface area contributed by atoms with Gasteiger partial charge in [-0.1, -0.05) is 75.5 Å². The van der Waals surface area contributed by atoms with Gasteiger partial charge >= 0.3 is 0 Å². The van der Waals surface area contributed by atoms with E-state index in [0.717, 1.165) is 22.9 Å². The molecule has 0 aliphatic heterocycles. The first-order valence-corrected chi connectivity index (χ1v) is 8.00. The van der Waals surface area contributed by atoms with E-state index < -0.39 is 0 Å². The predicted octanol–water partition coefficient (Wildman–Crippen LogP) is 6.03. The van der Waals surface area contributed by atoms with Crippen molar-refractivity contribution in [2.45, 2.75) is 24.6 Å². The van der Waals surface area contributed by atoms with Crippen molar-refractivity contribution >= 4 is 31.9 Å². The molecule has 0 aliphatic rings. The molecule has 100 valence electrons. The van der Waals surface area contributed by atoms with Crippen molar-refractivity contribution in [2.24, 2.45) is 0 Å². The molecule has 0 fully saturated rings. The van der Waals surface area contributed by atoms with Crippen LogP contribution in [-0.2, 0) is 6.42 Å². The second-order valence-corrected chi connectivity index (χ2v) is 6.29. The maximum atomic E-state index is 13.1. The molecule has 0 aromatic heterocycles. The van der Waals surface area contributed by atoms with Crippen LogP contribution in [0.5, 0.6) is 0 Å². The van der Waals surface area contributed by atoms with Crippen LogP contribution >= 0.6 is 31.9 Å². The molecule has 2 aromatic rings. The summed E-state index contributed by atoms with van der Waals surface area (Å²) in [5, 5.41) is 0. The first-order chi connectivity index (χ1) is 9.11. The van der Waals surface area contributed by atoms with Gasteiger partial charge in [-0.2, -0.15) is 0 Å². The van der Waals surface area contributed by atoms with Gasteiger partial charge in [-0.25, -0.2) is 4.39 Å². The topological polar surface area (TPSA) is 0 Å². The van der Waals surface area contributed by atoms with E-state index in [-0.39, 0.29) is 10.6 Å². The Morgan fingerprint density at radius 2 is 1.79 bits per heavy atom. The fraction of sp³-hybridized carbons (Fsp3) is 0.250. The van der Waals surface area contributed by atoms with E-state index in [0.29, 0.717) is 0 Å². The Bertz CT molecular complexity index is 549. The molecule has 0 N–H and O–H groups in total. The summed E-state index contributed by atoms with van der Waals surface area (Å²) in [7, 11) is 0. The first kappa shape index (κ1) is 14.7. The van der Waals surface area contributed by atoms with Crippen molar-refractivity contribution in [3.05, 3.63) is 69.4 Å². The summed E-state index contributed by atoms with van der Waals surface area (Å²) in [6.07, 6.45) is 2.26. The molecule has 1 unspecified atom stereocenters. The number of aryl methyl sites for hydroxylation is 1. The quantitative estimate of drug-likeness (QED) is 0.564. The fourth-order valence-corrected chi connectivity index (χ4v) is 3.62. The molecule has 0 nitrogen and oxygen atoms in total. The average molecular weight is 386 g/mol. The summed E-state index contributed by atoms with van der Waals surface area (Å²) in [5.41, 5.74) is 3.56. The van der Waals surface area contributed by atoms with E-state index in [2.05, 4.69) is 63.0 Å². The molecule has 2 aromatic carbocycles. The van der Waals surface area contributed by atoms with Crippen LogP contribution in [0.3, 0.4) is 0 Å². The maximum Gasteiger partial charge on any atom is 0.124 e. The largest absolute Gasteiger partial charge is 0.207 e. The molecule has 3 heteroatoms. The Balaban J connectivity index is 2.25. The molecule has 0 aliphatic carbocycles. The number of alkyl halides is 1. The second-order valence-electron chi connectivity index (χ2n) is 4.52. The van der Waals surface area contributed by atoms with Crippen molar-refractivity contribution in [3.63, 3.8) is 0 Å². The van der Waals surface area contributed by atoms with Crippen LogP contribution in [0.15, 0.2) is 46.9 Å². The summed E-state index contributed by atoms with van der Waals surface area (Å²) in [6.45, 7) is 2.18. The minimum atomic E-state index is -0.228. The van der Waals surface area contributed by atoms with Gasteiger partial charge in [0.2, 0.25) is 0 Å². The van der Waals surface area contributed by atoms with Crippen molar-refractivity contribution in [1.82, 2.24) is 0 Å². The Morgan fingerprint density at radius 1 is 1.11 bits per heavy atom.